The van der Waals surface area contributed by atoms with Gasteiger partial charge in [-0.25, -0.2) is 0 Å². The molecule has 0 bridgehead atoms. The Kier molecular flexibility index (Phi) is 4.46. The molecule has 58 valence electrons. The maximum atomic E-state index is 3.03. The van der Waals surface area contributed by atoms with Gasteiger partial charge in [-0.1, -0.05) is 13.8 Å². The molecule has 0 aliphatic rings. The van der Waals surface area contributed by atoms with Gasteiger partial charge in [-0.05, 0) is 6.07 Å². The minimum absolute atomic E-state index is 1.16. The highest BCUT2D eigenvalue weighted by atomic mass is 14.9. The molecular weight excluding hydrogens is 124 g/mol. The first-order valence-electron chi connectivity index (χ1n) is 3.62. The van der Waals surface area contributed by atoms with Crippen molar-refractivity contribution in [1.29, 1.82) is 0 Å². The lowest BCUT2D eigenvalue weighted by atomic mass is 10.5. The molecule has 0 spiro atoms. The smallest absolute Gasteiger partial charge is 0.0517 e. The number of nitrogens with zero attached hydrogens (tertiary/aromatic N) is 1. The second kappa shape index (κ2) is 4.91. The normalized spacial score (nSPS) is 8.00. The van der Waals surface area contributed by atoms with E-state index in [-0.39, 0.29) is 0 Å². The predicted octanol–water partition coefficient (Wildman–Crippen LogP) is 2.09. The van der Waals surface area contributed by atoms with Crippen LogP contribution < -0.4 is 5.32 Å². The van der Waals surface area contributed by atoms with Crippen molar-refractivity contribution in [2.45, 2.75) is 13.8 Å². The van der Waals surface area contributed by atoms with Gasteiger partial charge < -0.3 is 9.88 Å². The van der Waals surface area contributed by atoms with Gasteiger partial charge in [-0.15, -0.1) is 0 Å². The zero-order valence-corrected chi connectivity index (χ0v) is 7.18. The summed E-state index contributed by atoms with van der Waals surface area (Å²) in [6.45, 7) is 4.00. The highest BCUT2D eigenvalue weighted by Gasteiger charge is 1.85. The van der Waals surface area contributed by atoms with E-state index in [2.05, 4.69) is 5.32 Å². The summed E-state index contributed by atoms with van der Waals surface area (Å²) in [4.78, 5) is 0. The maximum absolute atomic E-state index is 3.03. The fourth-order valence-corrected chi connectivity index (χ4v) is 0.651. The lowest BCUT2D eigenvalue weighted by Gasteiger charge is -1.88. The molecule has 1 N–H and O–H groups in total. The van der Waals surface area contributed by atoms with Crippen molar-refractivity contribution in [3.8, 4) is 0 Å². The molecule has 0 amide bonds. The van der Waals surface area contributed by atoms with Crippen molar-refractivity contribution >= 4 is 5.69 Å². The third-order valence-electron chi connectivity index (χ3n) is 1.12. The Bertz CT molecular complexity index is 168. The van der Waals surface area contributed by atoms with E-state index < -0.39 is 0 Å². The molecule has 0 aliphatic heterocycles. The van der Waals surface area contributed by atoms with Gasteiger partial charge in [-0.2, -0.15) is 0 Å². The van der Waals surface area contributed by atoms with Crippen molar-refractivity contribution in [2.75, 3.05) is 12.4 Å². The van der Waals surface area contributed by atoms with Gasteiger partial charge in [0.2, 0.25) is 0 Å². The van der Waals surface area contributed by atoms with E-state index in [1.54, 1.807) is 0 Å². The van der Waals surface area contributed by atoms with Crippen LogP contribution in [0.15, 0.2) is 18.5 Å². The quantitative estimate of drug-likeness (QED) is 0.632. The number of hydrogen-bond acceptors (Lipinski definition) is 1. The average molecular weight is 140 g/mol. The van der Waals surface area contributed by atoms with Crippen LogP contribution in [0.1, 0.15) is 13.8 Å². The molecule has 0 saturated carbocycles. The summed E-state index contributed by atoms with van der Waals surface area (Å²) in [5.41, 5.74) is 1.16. The lowest BCUT2D eigenvalue weighted by molar-refractivity contribution is 0.928. The zero-order chi connectivity index (χ0) is 7.98. The molecule has 1 aromatic heterocycles. The first-order valence-corrected chi connectivity index (χ1v) is 3.62. The van der Waals surface area contributed by atoms with Crippen LogP contribution in [0.4, 0.5) is 5.69 Å². The van der Waals surface area contributed by atoms with E-state index in [1.165, 1.54) is 0 Å². The molecule has 0 aliphatic carbocycles. The van der Waals surface area contributed by atoms with E-state index in [0.29, 0.717) is 0 Å². The highest BCUT2D eigenvalue weighted by Crippen LogP contribution is 2.03. The summed E-state index contributed by atoms with van der Waals surface area (Å²) in [7, 11) is 3.91. The number of aromatic nitrogens is 1. The standard InChI is InChI=1S/C6H10N2.C2H6/c1-7-6-3-4-8(2)5-6;1-2/h3-5,7H,1-2H3;1-2H3. The molecule has 0 saturated heterocycles. The van der Waals surface area contributed by atoms with Gasteiger partial charge in [0.25, 0.3) is 0 Å². The number of aryl methyl sites for hydroxylation is 1. The maximum Gasteiger partial charge on any atom is 0.0517 e. The highest BCUT2D eigenvalue weighted by molar-refractivity contribution is 5.39. The average Bonchev–Trinajstić information content (AvgIpc) is 2.40. The Morgan fingerprint density at radius 2 is 2.00 bits per heavy atom. The van der Waals surface area contributed by atoms with E-state index in [9.17, 15) is 0 Å². The summed E-state index contributed by atoms with van der Waals surface area (Å²) in [6, 6.07) is 2.03. The summed E-state index contributed by atoms with van der Waals surface area (Å²) in [5.74, 6) is 0. The number of anilines is 1. The van der Waals surface area contributed by atoms with Gasteiger partial charge >= 0.3 is 0 Å². The van der Waals surface area contributed by atoms with Crippen LogP contribution in [0.25, 0.3) is 0 Å². The van der Waals surface area contributed by atoms with Crippen LogP contribution in [0.2, 0.25) is 0 Å². The Labute approximate surface area is 62.9 Å². The molecule has 0 aromatic carbocycles. The van der Waals surface area contributed by atoms with Crippen molar-refractivity contribution < 1.29 is 0 Å². The number of nitrogens with one attached hydrogen (secondary N) is 1. The molecule has 2 heteroatoms. The number of rotatable bonds is 1. The first-order chi connectivity index (χ1) is 4.83. The van der Waals surface area contributed by atoms with Gasteiger partial charge in [0.15, 0.2) is 0 Å². The third kappa shape index (κ3) is 2.58. The van der Waals surface area contributed by atoms with Gasteiger partial charge in [0.1, 0.15) is 0 Å². The van der Waals surface area contributed by atoms with Gasteiger partial charge in [0.05, 0.1) is 5.69 Å². The Balaban J connectivity index is 0.000000371. The molecule has 1 heterocycles. The van der Waals surface area contributed by atoms with Crippen LogP contribution in [0.3, 0.4) is 0 Å². The molecule has 2 nitrogen and oxygen atoms in total. The SMILES string of the molecule is CC.CNc1ccn(C)c1. The second-order valence-corrected chi connectivity index (χ2v) is 1.82. The first kappa shape index (κ1) is 9.08. The van der Waals surface area contributed by atoms with Crippen molar-refractivity contribution in [1.82, 2.24) is 4.57 Å². The van der Waals surface area contributed by atoms with Gasteiger partial charge in [-0.3, -0.25) is 0 Å². The zero-order valence-electron chi connectivity index (χ0n) is 7.18. The predicted molar refractivity (Wildman–Crippen MR) is 46.3 cm³/mol. The van der Waals surface area contributed by atoms with Crippen LogP contribution in [-0.2, 0) is 7.05 Å². The number of hydrogen-bond donors (Lipinski definition) is 1. The molecule has 0 fully saturated rings. The Morgan fingerprint density at radius 3 is 2.20 bits per heavy atom. The van der Waals surface area contributed by atoms with Crippen molar-refractivity contribution in [3.05, 3.63) is 18.5 Å². The van der Waals surface area contributed by atoms with E-state index in [0.717, 1.165) is 5.69 Å². The van der Waals surface area contributed by atoms with Gasteiger partial charge in [0, 0.05) is 26.5 Å². The van der Waals surface area contributed by atoms with Crippen LogP contribution in [-0.4, -0.2) is 11.6 Å². The molecular formula is C8H16N2. The van der Waals surface area contributed by atoms with Crippen molar-refractivity contribution in [3.63, 3.8) is 0 Å². The summed E-state index contributed by atoms with van der Waals surface area (Å²) in [5, 5.41) is 3.03. The minimum atomic E-state index is 1.16. The van der Waals surface area contributed by atoms with Crippen LogP contribution in [0.5, 0.6) is 0 Å². The van der Waals surface area contributed by atoms with Crippen LogP contribution in [0, 0.1) is 0 Å². The fourth-order valence-electron chi connectivity index (χ4n) is 0.651. The Morgan fingerprint density at radius 1 is 1.40 bits per heavy atom. The van der Waals surface area contributed by atoms with E-state index in [4.69, 9.17) is 0 Å². The molecule has 0 radical (unpaired) electrons. The van der Waals surface area contributed by atoms with Crippen LogP contribution >= 0.6 is 0 Å². The summed E-state index contributed by atoms with van der Waals surface area (Å²) in [6.07, 6.45) is 4.03. The van der Waals surface area contributed by atoms with E-state index >= 15 is 0 Å². The summed E-state index contributed by atoms with van der Waals surface area (Å²) < 4.78 is 2.01. The lowest BCUT2D eigenvalue weighted by Crippen LogP contribution is -1.84. The Hall–Kier alpha value is -0.920. The molecule has 10 heavy (non-hydrogen) atoms. The largest absolute Gasteiger partial charge is 0.387 e. The monoisotopic (exact) mass is 140 g/mol. The molecule has 1 rings (SSSR count). The topological polar surface area (TPSA) is 17.0 Å². The van der Waals surface area contributed by atoms with E-state index in [1.807, 2.05) is 51.0 Å². The summed E-state index contributed by atoms with van der Waals surface area (Å²) >= 11 is 0. The molecule has 0 unspecified atom stereocenters. The fraction of sp³-hybridized carbons (Fsp3) is 0.500. The minimum Gasteiger partial charge on any atom is -0.387 e. The van der Waals surface area contributed by atoms with Crippen molar-refractivity contribution in [2.24, 2.45) is 7.05 Å². The molecule has 1 aromatic rings. The third-order valence-corrected chi connectivity index (χ3v) is 1.12. The second-order valence-electron chi connectivity index (χ2n) is 1.82. The molecule has 0 atom stereocenters.